The van der Waals surface area contributed by atoms with Crippen molar-refractivity contribution in [3.8, 4) is 61.4 Å². The number of hydrogen-bond acceptors (Lipinski definition) is 7. The predicted octanol–water partition coefficient (Wildman–Crippen LogP) is 18.1. The fourth-order valence-electron chi connectivity index (χ4n) is 9.65. The second kappa shape index (κ2) is 45.3. The summed E-state index contributed by atoms with van der Waals surface area (Å²) >= 11 is 2.80. The summed E-state index contributed by atoms with van der Waals surface area (Å²) in [5.41, 5.74) is 10.2. The van der Waals surface area contributed by atoms with Crippen molar-refractivity contribution in [2.75, 3.05) is 0 Å². The molecule has 0 unspecified atom stereocenters. The second-order valence-electron chi connectivity index (χ2n) is 23.3. The fourth-order valence-corrected chi connectivity index (χ4v) is 10.0. The van der Waals surface area contributed by atoms with Crippen molar-refractivity contribution in [2.45, 2.75) is 59.7 Å². The van der Waals surface area contributed by atoms with Crippen LogP contribution in [0.25, 0.3) is 55.6 Å². The molecule has 27 heteroatoms. The number of aldehydes is 2. The quantitative estimate of drug-likeness (QED) is 0.0241. The van der Waals surface area contributed by atoms with Crippen molar-refractivity contribution in [1.82, 2.24) is 0 Å². The van der Waals surface area contributed by atoms with Gasteiger partial charge in [-0.2, -0.15) is 0 Å². The summed E-state index contributed by atoms with van der Waals surface area (Å²) in [5.74, 6) is -19.4. The summed E-state index contributed by atoms with van der Waals surface area (Å²) in [6.07, 6.45) is 5.52. The first-order valence-corrected chi connectivity index (χ1v) is 33.2. The zero-order chi connectivity index (χ0) is 79.5. The number of aromatic hydroxyl groups is 1. The van der Waals surface area contributed by atoms with E-state index in [4.69, 9.17) is 25.4 Å². The third-order valence-corrected chi connectivity index (χ3v) is 16.0. The van der Waals surface area contributed by atoms with Crippen molar-refractivity contribution < 1.29 is 136 Å². The summed E-state index contributed by atoms with van der Waals surface area (Å²) < 4.78 is 206. The Hall–Kier alpha value is -9.89. The van der Waals surface area contributed by atoms with E-state index in [1.807, 2.05) is 48.5 Å². The van der Waals surface area contributed by atoms with E-state index in [1.165, 1.54) is 78.7 Å². The number of hydrogen-bond donors (Lipinski definition) is 5. The van der Waals surface area contributed by atoms with Crippen molar-refractivity contribution in [1.29, 1.82) is 0 Å². The molecule has 0 aliphatic carbocycles. The van der Waals surface area contributed by atoms with Gasteiger partial charge in [0, 0.05) is 29.6 Å². The van der Waals surface area contributed by atoms with Gasteiger partial charge >= 0.3 is 36.7 Å². The minimum absolute atomic E-state index is 0. The van der Waals surface area contributed by atoms with Gasteiger partial charge in [-0.05, 0) is 176 Å². The number of rotatable bonds is 14. The number of aryl methyl sites for hydroxylation is 2. The van der Waals surface area contributed by atoms with Crippen LogP contribution < -0.4 is 35.0 Å². The molecule has 12 aromatic carbocycles. The van der Waals surface area contributed by atoms with Crippen molar-refractivity contribution >= 4 is 49.5 Å². The molecular formula is C83H65B2BrF16NaO7. The molecule has 5 N–H and O–H groups in total. The normalized spacial score (nSPS) is 10.2. The average molecular weight is 1600 g/mol. The zero-order valence-electron chi connectivity index (χ0n) is 59.8. The Morgan fingerprint density at radius 3 is 0.791 bits per heavy atom. The number of benzene rings is 12. The topological polar surface area (TPSA) is 135 Å². The third kappa shape index (κ3) is 27.3. The van der Waals surface area contributed by atoms with Gasteiger partial charge in [-0.25, -0.2) is 70.2 Å². The number of carbonyl (C=O) groups is 2. The van der Waals surface area contributed by atoms with Crippen molar-refractivity contribution in [2.24, 2.45) is 0 Å². The van der Waals surface area contributed by atoms with Gasteiger partial charge in [-0.3, -0.25) is 9.59 Å². The van der Waals surface area contributed by atoms with Gasteiger partial charge in [0.15, 0.2) is 87.2 Å². The molecule has 0 spiro atoms. The van der Waals surface area contributed by atoms with Gasteiger partial charge < -0.3 is 26.8 Å². The molecule has 0 aliphatic rings. The Bertz CT molecular complexity index is 4640. The molecule has 0 aliphatic heterocycles. The summed E-state index contributed by atoms with van der Waals surface area (Å²) in [7, 11) is -1.46. The van der Waals surface area contributed by atoms with Crippen LogP contribution in [0.2, 0.25) is 0 Å². The average Bonchev–Trinajstić information content (AvgIpc) is 0.837. The van der Waals surface area contributed by atoms with Crippen LogP contribution in [0.3, 0.4) is 0 Å². The van der Waals surface area contributed by atoms with Crippen molar-refractivity contribution in [3.63, 3.8) is 0 Å². The molecule has 0 bridgehead atoms. The van der Waals surface area contributed by atoms with Crippen LogP contribution in [0.5, 0.6) is 5.75 Å². The molecule has 0 heterocycles. The number of carbonyl (C=O) groups excluding carboxylic acids is 2. The predicted molar refractivity (Wildman–Crippen MR) is 393 cm³/mol. The van der Waals surface area contributed by atoms with E-state index in [0.717, 1.165) is 97.5 Å². The third-order valence-electron chi connectivity index (χ3n) is 15.5. The molecule has 0 saturated heterocycles. The first-order chi connectivity index (χ1) is 51.4. The number of aliphatic hydroxyl groups excluding tert-OH is 2. The van der Waals surface area contributed by atoms with E-state index >= 15 is 0 Å². The summed E-state index contributed by atoms with van der Waals surface area (Å²) in [6.45, 7) is 5.45. The monoisotopic (exact) mass is 1600 g/mol. The first-order valence-electron chi connectivity index (χ1n) is 32.4. The summed E-state index contributed by atoms with van der Waals surface area (Å²) in [6, 6.07) is 52.8. The maximum absolute atomic E-state index is 13.5. The van der Waals surface area contributed by atoms with E-state index in [1.54, 1.807) is 48.5 Å². The zero-order valence-corrected chi connectivity index (χ0v) is 62.4. The second-order valence-corrected chi connectivity index (χ2v) is 24.2. The molecule has 12 rings (SSSR count). The Morgan fingerprint density at radius 1 is 0.336 bits per heavy atom. The van der Waals surface area contributed by atoms with Crippen molar-refractivity contribution in [3.05, 3.63) is 355 Å². The minimum atomic E-state index is -1.49. The number of phenolic OH excluding ortho intramolecular Hbond substituents is 1. The Balaban J connectivity index is 0.000000337. The molecule has 3 radical (unpaired) electrons. The van der Waals surface area contributed by atoms with Gasteiger partial charge in [0.2, 0.25) is 0 Å². The van der Waals surface area contributed by atoms with Crippen LogP contribution in [0.1, 0.15) is 76.6 Å². The van der Waals surface area contributed by atoms with E-state index in [9.17, 15) is 79.8 Å². The van der Waals surface area contributed by atoms with Gasteiger partial charge in [-0.15, -0.1) is 0 Å². The van der Waals surface area contributed by atoms with E-state index in [0.29, 0.717) is 68.1 Å². The number of halogens is 17. The summed E-state index contributed by atoms with van der Waals surface area (Å²) in [4.78, 5) is 20.6. The van der Waals surface area contributed by atoms with E-state index < -0.39 is 106 Å². The molecule has 110 heavy (non-hydrogen) atoms. The molecule has 7 nitrogen and oxygen atoms in total. The Labute approximate surface area is 657 Å². The maximum Gasteiger partial charge on any atom is 1.00 e. The molecule has 0 saturated carbocycles. The number of aliphatic hydroxyl groups is 2. The molecular weight excluding hydrogens is 1540 g/mol. The van der Waals surface area contributed by atoms with Gasteiger partial charge in [0.05, 0.1) is 13.2 Å². The van der Waals surface area contributed by atoms with Gasteiger partial charge in [0.25, 0.3) is 0 Å². The summed E-state index contributed by atoms with van der Waals surface area (Å²) in [5, 5.41) is 44.1. The molecule has 0 amide bonds. The smallest absolute Gasteiger partial charge is 1.00 e. The Kier molecular flexibility index (Phi) is 38.1. The molecule has 565 valence electrons. The van der Waals surface area contributed by atoms with E-state index in [-0.39, 0.29) is 79.3 Å². The van der Waals surface area contributed by atoms with Crippen LogP contribution in [-0.2, 0) is 26.1 Å². The largest absolute Gasteiger partial charge is 1.00 e. The van der Waals surface area contributed by atoms with Gasteiger partial charge in [0.1, 0.15) is 24.2 Å². The van der Waals surface area contributed by atoms with Crippen LogP contribution in [0.4, 0.5) is 70.2 Å². The Morgan fingerprint density at radius 2 is 0.555 bits per heavy atom. The molecule has 0 aromatic heterocycles. The van der Waals surface area contributed by atoms with E-state index in [2.05, 4.69) is 29.8 Å². The standard InChI is InChI=1S/C16H16F2.C15H14F2O.2C13H9F3O.C13H7F3O.C7H7BO3.C6H2BrF3.B.Na.H/c1-3-4-12-5-7-13(8-6-12)14-9-15(17)11(2)16(18)10-14;1-2-3-10-4-6-11(7-5-10)12-8-13(16)15(18)14(17)9-12;3*14-11-5-10(6-12(15)13(11)16)9-3-1-8(7-17)2-4-9;9-5-6-1-3-7(4-2-6)8(10)11;7-3-1-4(8)6(10)5(9)2-3;;;/h5-10H,3-4H2,1-2H3;4-9,18H,2-3H2,1H3;2*1-6,17H,7H2;1-7H;1-5,10-11H;1-2H;;;/q;;;;;;;;+1;-1. The van der Waals surface area contributed by atoms with Gasteiger partial charge in [-0.1, -0.05) is 188 Å². The SMILES string of the molecule is CCCc1ccc(-c2cc(F)c(C)c(F)c2)cc1.CCCc1ccc(-c2cc(F)c(O)c(F)c2)cc1.Fc1cc(Br)cc(F)c1F.O=Cc1ccc(-c2cc(F)c(F)c(F)c2)cc1.O=Cc1ccc(B(O)O)cc1.OCc1ccc(-c2cc(F)c(F)c(F)c2)cc1.OCc1ccc(-c2cc(F)c(F)c(F)c2)cc1.[B].[H-].[Na+]. The molecule has 0 fully saturated rings. The van der Waals surface area contributed by atoms with Crippen LogP contribution >= 0.6 is 15.9 Å². The fraction of sp³-hybridized carbons (Fsp3) is 0.108. The number of phenols is 1. The first kappa shape index (κ1) is 92.5. The maximum atomic E-state index is 13.5. The minimum Gasteiger partial charge on any atom is -1.00 e. The van der Waals surface area contributed by atoms with Crippen LogP contribution in [0, 0.1) is 100.0 Å². The van der Waals surface area contributed by atoms with Crippen LogP contribution in [-0.4, -0.2) is 53.5 Å². The molecule has 0 atom stereocenters. The molecule has 12 aromatic rings. The van der Waals surface area contributed by atoms with Crippen LogP contribution in [0.15, 0.2) is 223 Å².